The summed E-state index contributed by atoms with van der Waals surface area (Å²) in [6.45, 7) is 6.39. The van der Waals surface area contributed by atoms with Gasteiger partial charge in [-0.05, 0) is 18.4 Å². The van der Waals surface area contributed by atoms with Crippen LogP contribution in [0.1, 0.15) is 30.9 Å². The molecule has 2 aromatic rings. The highest BCUT2D eigenvalue weighted by Crippen LogP contribution is 2.27. The van der Waals surface area contributed by atoms with Crippen LogP contribution in [-0.2, 0) is 0 Å². The van der Waals surface area contributed by atoms with Gasteiger partial charge in [-0.25, -0.2) is 0 Å². The third kappa shape index (κ3) is 1.22. The first kappa shape index (κ1) is 8.30. The highest BCUT2D eigenvalue weighted by atomic mass is 16.5. The number of aryl methyl sites for hydroxylation is 1. The van der Waals surface area contributed by atoms with Crippen LogP contribution in [0.15, 0.2) is 22.9 Å². The summed E-state index contributed by atoms with van der Waals surface area (Å²) in [5, 5.41) is 4.96. The topological polar surface area (TPSA) is 26.0 Å². The molecule has 0 aliphatic heterocycles. The predicted octanol–water partition coefficient (Wildman–Crippen LogP) is 3.26. The summed E-state index contributed by atoms with van der Waals surface area (Å²) in [6, 6.07) is 4.24. The maximum atomic E-state index is 5.24. The molecule has 68 valence electrons. The first-order chi connectivity index (χ1) is 6.20. The zero-order chi connectivity index (χ0) is 9.42. The van der Waals surface area contributed by atoms with E-state index in [9.17, 15) is 0 Å². The maximum absolute atomic E-state index is 5.24. The van der Waals surface area contributed by atoms with Gasteiger partial charge in [-0.15, -0.1) is 0 Å². The number of hydrogen-bond donors (Lipinski definition) is 0. The lowest BCUT2D eigenvalue weighted by Crippen LogP contribution is -1.88. The van der Waals surface area contributed by atoms with Gasteiger partial charge < -0.3 is 4.52 Å². The van der Waals surface area contributed by atoms with E-state index in [0.29, 0.717) is 5.92 Å². The van der Waals surface area contributed by atoms with E-state index in [0.717, 1.165) is 11.0 Å². The van der Waals surface area contributed by atoms with E-state index in [2.05, 4.69) is 38.1 Å². The Hall–Kier alpha value is -1.31. The van der Waals surface area contributed by atoms with Crippen LogP contribution in [0, 0.1) is 6.92 Å². The molecule has 0 N–H and O–H groups in total. The molecule has 13 heavy (non-hydrogen) atoms. The van der Waals surface area contributed by atoms with Crippen LogP contribution in [0.3, 0.4) is 0 Å². The van der Waals surface area contributed by atoms with Gasteiger partial charge in [-0.3, -0.25) is 0 Å². The molecule has 0 bridgehead atoms. The molecule has 0 saturated carbocycles. The molecule has 1 aromatic heterocycles. The average Bonchev–Trinajstić information content (AvgIpc) is 2.53. The third-order valence-electron chi connectivity index (χ3n) is 2.39. The maximum Gasteiger partial charge on any atom is 0.170 e. The van der Waals surface area contributed by atoms with Crippen molar-refractivity contribution in [3.63, 3.8) is 0 Å². The van der Waals surface area contributed by atoms with Gasteiger partial charge in [0.15, 0.2) is 5.58 Å². The molecule has 2 nitrogen and oxygen atoms in total. The van der Waals surface area contributed by atoms with Crippen molar-refractivity contribution in [1.29, 1.82) is 0 Å². The third-order valence-corrected chi connectivity index (χ3v) is 2.39. The summed E-state index contributed by atoms with van der Waals surface area (Å²) in [5.74, 6) is 0.482. The minimum absolute atomic E-state index is 0.482. The average molecular weight is 175 g/mol. The Kier molecular flexibility index (Phi) is 1.83. The highest BCUT2D eigenvalue weighted by Gasteiger charge is 2.10. The second-order valence-corrected chi connectivity index (χ2v) is 3.69. The zero-order valence-corrected chi connectivity index (χ0v) is 8.16. The van der Waals surface area contributed by atoms with Gasteiger partial charge in [0.05, 0.1) is 6.20 Å². The van der Waals surface area contributed by atoms with Crippen molar-refractivity contribution in [2.45, 2.75) is 26.7 Å². The molecule has 0 amide bonds. The summed E-state index contributed by atoms with van der Waals surface area (Å²) in [6.07, 6.45) is 1.79. The van der Waals surface area contributed by atoms with Crippen molar-refractivity contribution in [2.24, 2.45) is 0 Å². The van der Waals surface area contributed by atoms with E-state index >= 15 is 0 Å². The van der Waals surface area contributed by atoms with E-state index in [1.165, 1.54) is 11.1 Å². The van der Waals surface area contributed by atoms with Crippen molar-refractivity contribution in [3.05, 3.63) is 29.5 Å². The fourth-order valence-corrected chi connectivity index (χ4v) is 1.56. The number of rotatable bonds is 1. The Labute approximate surface area is 77.5 Å². The fourth-order valence-electron chi connectivity index (χ4n) is 1.56. The Bertz CT molecular complexity index is 429. The van der Waals surface area contributed by atoms with Gasteiger partial charge in [-0.2, -0.15) is 0 Å². The van der Waals surface area contributed by atoms with E-state index in [1.54, 1.807) is 6.20 Å². The summed E-state index contributed by atoms with van der Waals surface area (Å²) in [4.78, 5) is 0. The monoisotopic (exact) mass is 175 g/mol. The first-order valence-corrected chi connectivity index (χ1v) is 4.54. The Morgan fingerprint density at radius 2 is 2.08 bits per heavy atom. The molecular weight excluding hydrogens is 162 g/mol. The molecule has 2 rings (SSSR count). The quantitative estimate of drug-likeness (QED) is 0.664. The predicted molar refractivity (Wildman–Crippen MR) is 52.8 cm³/mol. The van der Waals surface area contributed by atoms with Crippen LogP contribution >= 0.6 is 0 Å². The van der Waals surface area contributed by atoms with Crippen LogP contribution in [0.2, 0.25) is 0 Å². The van der Waals surface area contributed by atoms with Crippen molar-refractivity contribution in [2.75, 3.05) is 0 Å². The molecule has 0 aliphatic carbocycles. The SMILES string of the molecule is Cc1ccc(C(C)C)c2oncc12. The van der Waals surface area contributed by atoms with E-state index in [4.69, 9.17) is 4.52 Å². The molecule has 0 aliphatic rings. The number of aromatic nitrogens is 1. The van der Waals surface area contributed by atoms with Crippen molar-refractivity contribution < 1.29 is 4.52 Å². The highest BCUT2D eigenvalue weighted by molar-refractivity contribution is 5.83. The van der Waals surface area contributed by atoms with E-state index in [-0.39, 0.29) is 0 Å². The number of nitrogens with zero attached hydrogens (tertiary/aromatic N) is 1. The summed E-state index contributed by atoms with van der Waals surface area (Å²) < 4.78 is 5.24. The van der Waals surface area contributed by atoms with Gasteiger partial charge in [-0.1, -0.05) is 31.1 Å². The molecule has 0 fully saturated rings. The Morgan fingerprint density at radius 3 is 2.77 bits per heavy atom. The van der Waals surface area contributed by atoms with Crippen LogP contribution in [0.5, 0.6) is 0 Å². The normalized spacial score (nSPS) is 11.4. The van der Waals surface area contributed by atoms with Gasteiger partial charge in [0.25, 0.3) is 0 Å². The lowest BCUT2D eigenvalue weighted by molar-refractivity contribution is 0.453. The smallest absolute Gasteiger partial charge is 0.170 e. The van der Waals surface area contributed by atoms with Gasteiger partial charge in [0.2, 0.25) is 0 Å². The summed E-state index contributed by atoms with van der Waals surface area (Å²) in [5.41, 5.74) is 3.40. The lowest BCUT2D eigenvalue weighted by atomic mass is 9.99. The molecule has 1 heterocycles. The van der Waals surface area contributed by atoms with Gasteiger partial charge in [0, 0.05) is 10.9 Å². The standard InChI is InChI=1S/C11H13NO/c1-7(2)9-5-4-8(3)10-6-12-13-11(9)10/h4-7H,1-3H3. The number of hydrogen-bond acceptors (Lipinski definition) is 2. The fraction of sp³-hybridized carbons (Fsp3) is 0.364. The van der Waals surface area contributed by atoms with E-state index < -0.39 is 0 Å². The summed E-state index contributed by atoms with van der Waals surface area (Å²) in [7, 11) is 0. The van der Waals surface area contributed by atoms with Crippen molar-refractivity contribution in [3.8, 4) is 0 Å². The number of fused-ring (bicyclic) bond motifs is 1. The zero-order valence-electron chi connectivity index (χ0n) is 8.16. The second kappa shape index (κ2) is 2.87. The van der Waals surface area contributed by atoms with Crippen LogP contribution in [-0.4, -0.2) is 5.16 Å². The molecule has 0 spiro atoms. The summed E-state index contributed by atoms with van der Waals surface area (Å²) >= 11 is 0. The molecule has 1 aromatic carbocycles. The second-order valence-electron chi connectivity index (χ2n) is 3.69. The van der Waals surface area contributed by atoms with Crippen LogP contribution in [0.25, 0.3) is 11.0 Å². The molecule has 0 radical (unpaired) electrons. The molecule has 0 atom stereocenters. The van der Waals surface area contributed by atoms with Gasteiger partial charge >= 0.3 is 0 Å². The molecular formula is C11H13NO. The molecule has 0 unspecified atom stereocenters. The molecule has 0 saturated heterocycles. The molecule has 2 heteroatoms. The largest absolute Gasteiger partial charge is 0.356 e. The minimum Gasteiger partial charge on any atom is -0.356 e. The van der Waals surface area contributed by atoms with Crippen LogP contribution in [0.4, 0.5) is 0 Å². The Morgan fingerprint density at radius 1 is 1.31 bits per heavy atom. The van der Waals surface area contributed by atoms with Crippen molar-refractivity contribution in [1.82, 2.24) is 5.16 Å². The lowest BCUT2D eigenvalue weighted by Gasteiger charge is -2.05. The minimum atomic E-state index is 0.482. The van der Waals surface area contributed by atoms with Crippen molar-refractivity contribution >= 4 is 11.0 Å². The van der Waals surface area contributed by atoms with E-state index in [1.807, 2.05) is 0 Å². The first-order valence-electron chi connectivity index (χ1n) is 4.54. The number of benzene rings is 1. The van der Waals surface area contributed by atoms with Crippen LogP contribution < -0.4 is 0 Å². The van der Waals surface area contributed by atoms with Gasteiger partial charge in [0.1, 0.15) is 0 Å². The Balaban J connectivity index is 2.78.